The highest BCUT2D eigenvalue weighted by atomic mass is 35.5. The number of amides is 1. The smallest absolute Gasteiger partial charge is 0.251 e. The number of ether oxygens (including phenoxy) is 1. The third kappa shape index (κ3) is 3.94. The molecular weight excluding hydrogens is 338 g/mol. The first-order chi connectivity index (χ1) is 12.2. The van der Waals surface area contributed by atoms with Crippen molar-refractivity contribution in [2.24, 2.45) is 5.92 Å². The fourth-order valence-electron chi connectivity index (χ4n) is 3.67. The predicted octanol–water partition coefficient (Wildman–Crippen LogP) is 3.35. The molecular formula is C19H20ClN3O2. The zero-order valence-electron chi connectivity index (χ0n) is 13.8. The van der Waals surface area contributed by atoms with E-state index in [1.54, 1.807) is 42.5 Å². The molecule has 4 rings (SSSR count). The van der Waals surface area contributed by atoms with Crippen LogP contribution in [-0.2, 0) is 0 Å². The van der Waals surface area contributed by atoms with E-state index in [-0.39, 0.29) is 11.9 Å². The monoisotopic (exact) mass is 357 g/mol. The normalized spacial score (nSPS) is 24.8. The van der Waals surface area contributed by atoms with Crippen LogP contribution in [0.1, 0.15) is 23.2 Å². The molecule has 0 spiro atoms. The molecule has 1 aromatic heterocycles. The lowest BCUT2D eigenvalue weighted by Gasteiger charge is -2.30. The third-order valence-electron chi connectivity index (χ3n) is 4.83. The van der Waals surface area contributed by atoms with Crippen molar-refractivity contribution in [3.05, 3.63) is 53.2 Å². The second-order valence-corrected chi connectivity index (χ2v) is 7.13. The molecule has 2 aliphatic rings. The standard InChI is InChI=1S/C19H20ClN3O2/c20-17-2-1-3-18(22-17)25-16-6-4-14(5-7-16)19(24)21-15-10-13-8-9-23(11-13)12-15/h1-7,13,15H,8-12H2,(H,21,24). The number of nitrogens with one attached hydrogen (secondary N) is 1. The van der Waals surface area contributed by atoms with Crippen LogP contribution in [0.5, 0.6) is 11.6 Å². The number of rotatable bonds is 4. The van der Waals surface area contributed by atoms with E-state index in [4.69, 9.17) is 16.3 Å². The maximum absolute atomic E-state index is 12.5. The largest absolute Gasteiger partial charge is 0.439 e. The summed E-state index contributed by atoms with van der Waals surface area (Å²) in [7, 11) is 0. The van der Waals surface area contributed by atoms with Crippen LogP contribution in [0.2, 0.25) is 5.15 Å². The van der Waals surface area contributed by atoms with Gasteiger partial charge in [0.25, 0.3) is 5.91 Å². The summed E-state index contributed by atoms with van der Waals surface area (Å²) in [5.41, 5.74) is 0.638. The molecule has 0 radical (unpaired) electrons. The molecule has 130 valence electrons. The lowest BCUT2D eigenvalue weighted by molar-refractivity contribution is 0.0909. The highest BCUT2D eigenvalue weighted by Crippen LogP contribution is 2.27. The third-order valence-corrected chi connectivity index (χ3v) is 5.04. The summed E-state index contributed by atoms with van der Waals surface area (Å²) in [6.45, 7) is 3.32. The predicted molar refractivity (Wildman–Crippen MR) is 96.2 cm³/mol. The van der Waals surface area contributed by atoms with E-state index in [0.717, 1.165) is 18.9 Å². The summed E-state index contributed by atoms with van der Waals surface area (Å²) in [6, 6.07) is 12.5. The number of aromatic nitrogens is 1. The summed E-state index contributed by atoms with van der Waals surface area (Å²) in [6.07, 6.45) is 2.35. The van der Waals surface area contributed by atoms with E-state index < -0.39 is 0 Å². The Morgan fingerprint density at radius 1 is 1.20 bits per heavy atom. The summed E-state index contributed by atoms with van der Waals surface area (Å²) in [5.74, 6) is 1.75. The number of hydrogen-bond donors (Lipinski definition) is 1. The van der Waals surface area contributed by atoms with Crippen molar-refractivity contribution in [1.29, 1.82) is 0 Å². The average molecular weight is 358 g/mol. The fourth-order valence-corrected chi connectivity index (χ4v) is 3.83. The second-order valence-electron chi connectivity index (χ2n) is 6.75. The Hall–Kier alpha value is -2.11. The van der Waals surface area contributed by atoms with Gasteiger partial charge in [-0.2, -0.15) is 0 Å². The van der Waals surface area contributed by atoms with Crippen LogP contribution in [0.25, 0.3) is 0 Å². The molecule has 5 nitrogen and oxygen atoms in total. The highest BCUT2D eigenvalue weighted by molar-refractivity contribution is 6.29. The van der Waals surface area contributed by atoms with Crippen molar-refractivity contribution < 1.29 is 9.53 Å². The van der Waals surface area contributed by atoms with E-state index in [1.165, 1.54) is 19.5 Å². The molecule has 0 aliphatic carbocycles. The van der Waals surface area contributed by atoms with Gasteiger partial charge in [0.1, 0.15) is 10.9 Å². The van der Waals surface area contributed by atoms with Gasteiger partial charge in [0, 0.05) is 30.8 Å². The van der Waals surface area contributed by atoms with Crippen molar-refractivity contribution in [3.63, 3.8) is 0 Å². The van der Waals surface area contributed by atoms with E-state index >= 15 is 0 Å². The van der Waals surface area contributed by atoms with Crippen molar-refractivity contribution in [2.75, 3.05) is 19.6 Å². The van der Waals surface area contributed by atoms with Crippen molar-refractivity contribution in [3.8, 4) is 11.6 Å². The maximum Gasteiger partial charge on any atom is 0.251 e. The lowest BCUT2D eigenvalue weighted by atomic mass is 9.96. The van der Waals surface area contributed by atoms with Crippen LogP contribution in [0.4, 0.5) is 0 Å². The quantitative estimate of drug-likeness (QED) is 0.852. The Kier molecular flexibility index (Phi) is 4.59. The summed E-state index contributed by atoms with van der Waals surface area (Å²) in [4.78, 5) is 19.0. The second kappa shape index (κ2) is 7.02. The van der Waals surface area contributed by atoms with Crippen molar-refractivity contribution in [2.45, 2.75) is 18.9 Å². The minimum absolute atomic E-state index is 0.0278. The first-order valence-corrected chi connectivity index (χ1v) is 8.97. The zero-order chi connectivity index (χ0) is 17.2. The number of piperidine rings is 1. The Morgan fingerprint density at radius 3 is 2.80 bits per heavy atom. The molecule has 2 saturated heterocycles. The summed E-state index contributed by atoms with van der Waals surface area (Å²) < 4.78 is 5.65. The van der Waals surface area contributed by atoms with Crippen LogP contribution < -0.4 is 10.1 Å². The molecule has 25 heavy (non-hydrogen) atoms. The molecule has 1 N–H and O–H groups in total. The molecule has 3 heterocycles. The van der Waals surface area contributed by atoms with Gasteiger partial charge in [0.2, 0.25) is 5.88 Å². The number of halogens is 1. The maximum atomic E-state index is 12.5. The van der Waals surface area contributed by atoms with Gasteiger partial charge in [-0.1, -0.05) is 17.7 Å². The van der Waals surface area contributed by atoms with Crippen molar-refractivity contribution >= 4 is 17.5 Å². The van der Waals surface area contributed by atoms with E-state index in [0.29, 0.717) is 22.3 Å². The van der Waals surface area contributed by atoms with Crippen molar-refractivity contribution in [1.82, 2.24) is 15.2 Å². The first kappa shape index (κ1) is 16.4. The Balaban J connectivity index is 1.37. The van der Waals surface area contributed by atoms with E-state index in [2.05, 4.69) is 15.2 Å². The fraction of sp³-hybridized carbons (Fsp3) is 0.368. The Bertz CT molecular complexity index is 754. The van der Waals surface area contributed by atoms with Crippen LogP contribution >= 0.6 is 11.6 Å². The zero-order valence-corrected chi connectivity index (χ0v) is 14.6. The molecule has 2 aliphatic heterocycles. The van der Waals surface area contributed by atoms with E-state index in [1.807, 2.05) is 0 Å². The van der Waals surface area contributed by atoms with Gasteiger partial charge < -0.3 is 15.0 Å². The minimum atomic E-state index is -0.0278. The molecule has 3 atom stereocenters. The van der Waals surface area contributed by atoms with Gasteiger partial charge in [-0.25, -0.2) is 4.98 Å². The van der Waals surface area contributed by atoms with Crippen LogP contribution in [-0.4, -0.2) is 41.5 Å². The number of carbonyl (C=O) groups excluding carboxylic acids is 1. The molecule has 2 aromatic rings. The number of pyridine rings is 1. The van der Waals surface area contributed by atoms with Gasteiger partial charge in [-0.3, -0.25) is 4.79 Å². The summed E-state index contributed by atoms with van der Waals surface area (Å²) >= 11 is 5.85. The highest BCUT2D eigenvalue weighted by Gasteiger charge is 2.32. The van der Waals surface area contributed by atoms with Crippen LogP contribution in [0.3, 0.4) is 0 Å². The molecule has 0 saturated carbocycles. The number of hydrogen-bond acceptors (Lipinski definition) is 4. The Morgan fingerprint density at radius 2 is 2.04 bits per heavy atom. The number of fused-ring (bicyclic) bond motifs is 2. The number of carbonyl (C=O) groups is 1. The van der Waals surface area contributed by atoms with Gasteiger partial charge in [-0.15, -0.1) is 0 Å². The number of benzene rings is 1. The molecule has 1 amide bonds. The van der Waals surface area contributed by atoms with Crippen LogP contribution in [0.15, 0.2) is 42.5 Å². The van der Waals surface area contributed by atoms with Gasteiger partial charge in [0.05, 0.1) is 0 Å². The topological polar surface area (TPSA) is 54.5 Å². The molecule has 2 bridgehead atoms. The number of nitrogens with zero attached hydrogens (tertiary/aromatic N) is 2. The van der Waals surface area contributed by atoms with Gasteiger partial charge in [0.15, 0.2) is 0 Å². The average Bonchev–Trinajstić information content (AvgIpc) is 2.94. The first-order valence-electron chi connectivity index (χ1n) is 8.59. The lowest BCUT2D eigenvalue weighted by Crippen LogP contribution is -2.46. The summed E-state index contributed by atoms with van der Waals surface area (Å²) in [5, 5.41) is 3.54. The van der Waals surface area contributed by atoms with E-state index in [9.17, 15) is 4.79 Å². The van der Waals surface area contributed by atoms with Gasteiger partial charge >= 0.3 is 0 Å². The molecule has 2 fully saturated rings. The van der Waals surface area contributed by atoms with Crippen LogP contribution in [0, 0.1) is 5.92 Å². The molecule has 1 aromatic carbocycles. The Labute approximate surface area is 152 Å². The molecule has 3 unspecified atom stereocenters. The molecule has 6 heteroatoms. The minimum Gasteiger partial charge on any atom is -0.439 e. The van der Waals surface area contributed by atoms with Gasteiger partial charge in [-0.05, 0) is 55.6 Å². The SMILES string of the molecule is O=C(NC1CC2CCN(C2)C1)c1ccc(Oc2cccc(Cl)n2)cc1.